The van der Waals surface area contributed by atoms with E-state index < -0.39 is 0 Å². The van der Waals surface area contributed by atoms with E-state index in [4.69, 9.17) is 5.73 Å². The van der Waals surface area contributed by atoms with Crippen LogP contribution in [0.5, 0.6) is 0 Å². The molecule has 0 aliphatic heterocycles. The molecule has 3 aliphatic carbocycles. The van der Waals surface area contributed by atoms with Gasteiger partial charge in [0.15, 0.2) is 0 Å². The lowest BCUT2D eigenvalue weighted by atomic mass is 9.55. The van der Waals surface area contributed by atoms with E-state index in [1.807, 2.05) is 12.1 Å². The van der Waals surface area contributed by atoms with Gasteiger partial charge in [-0.05, 0) is 108 Å². The van der Waals surface area contributed by atoms with E-state index in [2.05, 4.69) is 38.1 Å². The molecule has 0 heterocycles. The van der Waals surface area contributed by atoms with Gasteiger partial charge in [-0.2, -0.15) is 0 Å². The Morgan fingerprint density at radius 2 is 2.00 bits per heavy atom. The van der Waals surface area contributed by atoms with Crippen molar-refractivity contribution in [1.29, 1.82) is 0 Å². The molecule has 1 amide bonds. The molecule has 2 aromatic carbocycles. The number of aliphatic hydroxyl groups excluding tert-OH is 1. The average molecular weight is 418 g/mol. The Hall–Kier alpha value is -2.13. The third kappa shape index (κ3) is 3.42. The average Bonchev–Trinajstić information content (AvgIpc) is 3.03. The lowest BCUT2D eigenvalue weighted by molar-refractivity contribution is -0.0325. The molecule has 2 fully saturated rings. The Bertz CT molecular complexity index is 998. The van der Waals surface area contributed by atoms with Crippen LogP contribution in [0.1, 0.15) is 78.1 Å². The minimum atomic E-state index is -0.385. The third-order valence-corrected chi connectivity index (χ3v) is 9.03. The number of fused-ring (bicyclic) bond motifs is 5. The predicted molar refractivity (Wildman–Crippen MR) is 124 cm³/mol. The molecule has 5 rings (SSSR count). The van der Waals surface area contributed by atoms with Crippen LogP contribution in [0.2, 0.25) is 0 Å². The van der Waals surface area contributed by atoms with Crippen molar-refractivity contribution in [3.63, 3.8) is 0 Å². The number of rotatable bonds is 4. The number of carbonyl (C=O) groups is 1. The third-order valence-electron chi connectivity index (χ3n) is 9.03. The molecular weight excluding hydrogens is 382 g/mol. The van der Waals surface area contributed by atoms with Crippen molar-refractivity contribution in [2.24, 2.45) is 28.9 Å². The summed E-state index contributed by atoms with van der Waals surface area (Å²) in [7, 11) is 0. The van der Waals surface area contributed by atoms with Crippen LogP contribution in [-0.2, 0) is 19.3 Å². The maximum atomic E-state index is 11.6. The lowest BCUT2D eigenvalue weighted by Gasteiger charge is -2.50. The van der Waals surface area contributed by atoms with E-state index in [0.717, 1.165) is 31.2 Å². The first kappa shape index (κ1) is 20.8. The van der Waals surface area contributed by atoms with Crippen molar-refractivity contribution in [2.75, 3.05) is 0 Å². The number of benzene rings is 2. The maximum Gasteiger partial charge on any atom is 0.248 e. The molecule has 3 aliphatic rings. The molecule has 6 atom stereocenters. The first-order chi connectivity index (χ1) is 14.9. The molecular formula is C28H35NO2. The SMILES string of the molecule is CCc1ccc2c(c1)CCC1C2CC[C@@]2(C)C1C[C@H](Cc1cccc(C(N)=O)c1)[C@@H]2O. The summed E-state index contributed by atoms with van der Waals surface area (Å²) in [5.41, 5.74) is 11.8. The molecule has 0 bridgehead atoms. The number of hydrogen-bond acceptors (Lipinski definition) is 2. The van der Waals surface area contributed by atoms with E-state index >= 15 is 0 Å². The topological polar surface area (TPSA) is 63.3 Å². The molecule has 0 saturated heterocycles. The highest BCUT2D eigenvalue weighted by Gasteiger charge is 2.57. The van der Waals surface area contributed by atoms with Gasteiger partial charge in [0.05, 0.1) is 6.10 Å². The van der Waals surface area contributed by atoms with Crippen LogP contribution in [-0.4, -0.2) is 17.1 Å². The Morgan fingerprint density at radius 3 is 2.77 bits per heavy atom. The largest absolute Gasteiger partial charge is 0.392 e. The van der Waals surface area contributed by atoms with Gasteiger partial charge < -0.3 is 10.8 Å². The van der Waals surface area contributed by atoms with Crippen LogP contribution >= 0.6 is 0 Å². The van der Waals surface area contributed by atoms with Gasteiger partial charge in [0, 0.05) is 5.56 Å². The smallest absolute Gasteiger partial charge is 0.248 e. The van der Waals surface area contributed by atoms with Crippen LogP contribution in [0.3, 0.4) is 0 Å². The number of amides is 1. The summed E-state index contributed by atoms with van der Waals surface area (Å²) in [5, 5.41) is 11.4. The summed E-state index contributed by atoms with van der Waals surface area (Å²) in [6, 6.07) is 14.8. The van der Waals surface area contributed by atoms with Gasteiger partial charge in [-0.3, -0.25) is 4.79 Å². The molecule has 2 aromatic rings. The zero-order valence-electron chi connectivity index (χ0n) is 18.8. The molecule has 3 unspecified atom stereocenters. The summed E-state index contributed by atoms with van der Waals surface area (Å²) >= 11 is 0. The van der Waals surface area contributed by atoms with Gasteiger partial charge >= 0.3 is 0 Å². The van der Waals surface area contributed by atoms with Crippen LogP contribution in [0.25, 0.3) is 0 Å². The summed E-state index contributed by atoms with van der Waals surface area (Å²) in [6.07, 6.45) is 7.46. The zero-order chi connectivity index (χ0) is 21.8. The number of aliphatic hydroxyl groups is 1. The molecule has 2 saturated carbocycles. The fourth-order valence-electron chi connectivity index (χ4n) is 7.36. The quantitative estimate of drug-likeness (QED) is 0.732. The summed E-state index contributed by atoms with van der Waals surface area (Å²) < 4.78 is 0. The van der Waals surface area contributed by atoms with Gasteiger partial charge in [0.2, 0.25) is 5.91 Å². The summed E-state index contributed by atoms with van der Waals surface area (Å²) in [6.45, 7) is 4.58. The highest BCUT2D eigenvalue weighted by atomic mass is 16.3. The number of carbonyl (C=O) groups excluding carboxylic acids is 1. The van der Waals surface area contributed by atoms with Crippen LogP contribution < -0.4 is 5.73 Å². The van der Waals surface area contributed by atoms with Crippen molar-refractivity contribution in [3.05, 3.63) is 70.3 Å². The minimum Gasteiger partial charge on any atom is -0.392 e. The van der Waals surface area contributed by atoms with Gasteiger partial charge in [0.1, 0.15) is 0 Å². The first-order valence-corrected chi connectivity index (χ1v) is 12.1. The Labute approximate surface area is 186 Å². The van der Waals surface area contributed by atoms with Crippen LogP contribution in [0, 0.1) is 23.2 Å². The van der Waals surface area contributed by atoms with Crippen LogP contribution in [0.15, 0.2) is 42.5 Å². The number of hydrogen-bond donors (Lipinski definition) is 2. The Kier molecular flexibility index (Phi) is 5.21. The predicted octanol–water partition coefficient (Wildman–Crippen LogP) is 5.03. The van der Waals surface area contributed by atoms with Crippen molar-refractivity contribution < 1.29 is 9.90 Å². The maximum absolute atomic E-state index is 11.6. The Balaban J connectivity index is 1.39. The second-order valence-corrected chi connectivity index (χ2v) is 10.6. The molecule has 0 radical (unpaired) electrons. The van der Waals surface area contributed by atoms with E-state index in [1.54, 1.807) is 17.2 Å². The molecule has 164 valence electrons. The second kappa shape index (κ2) is 7.78. The van der Waals surface area contributed by atoms with Gasteiger partial charge in [-0.25, -0.2) is 0 Å². The second-order valence-electron chi connectivity index (χ2n) is 10.6. The highest BCUT2D eigenvalue weighted by Crippen LogP contribution is 2.62. The normalized spacial score (nSPS) is 34.0. The fourth-order valence-corrected chi connectivity index (χ4v) is 7.36. The van der Waals surface area contributed by atoms with Gasteiger partial charge in [-0.15, -0.1) is 0 Å². The molecule has 3 heteroatoms. The van der Waals surface area contributed by atoms with Crippen molar-refractivity contribution in [3.8, 4) is 0 Å². The number of nitrogens with two attached hydrogens (primary N) is 1. The monoisotopic (exact) mass is 417 g/mol. The lowest BCUT2D eigenvalue weighted by Crippen LogP contribution is -2.44. The van der Waals surface area contributed by atoms with E-state index in [-0.39, 0.29) is 23.3 Å². The molecule has 0 spiro atoms. The molecule has 3 N–H and O–H groups in total. The van der Waals surface area contributed by atoms with Crippen molar-refractivity contribution in [2.45, 2.75) is 70.8 Å². The van der Waals surface area contributed by atoms with Crippen LogP contribution in [0.4, 0.5) is 0 Å². The summed E-state index contributed by atoms with van der Waals surface area (Å²) in [4.78, 5) is 11.6. The minimum absolute atomic E-state index is 0.00793. The molecule has 0 aromatic heterocycles. The Morgan fingerprint density at radius 1 is 1.16 bits per heavy atom. The molecule has 3 nitrogen and oxygen atoms in total. The zero-order valence-corrected chi connectivity index (χ0v) is 18.8. The van der Waals surface area contributed by atoms with Crippen molar-refractivity contribution >= 4 is 5.91 Å². The van der Waals surface area contributed by atoms with Gasteiger partial charge in [-0.1, -0.05) is 44.2 Å². The summed E-state index contributed by atoms with van der Waals surface area (Å²) in [5.74, 6) is 1.77. The van der Waals surface area contributed by atoms with E-state index in [0.29, 0.717) is 23.3 Å². The first-order valence-electron chi connectivity index (χ1n) is 12.1. The van der Waals surface area contributed by atoms with E-state index in [1.165, 1.54) is 24.8 Å². The molecule has 31 heavy (non-hydrogen) atoms. The van der Waals surface area contributed by atoms with Crippen molar-refractivity contribution in [1.82, 2.24) is 0 Å². The highest BCUT2D eigenvalue weighted by molar-refractivity contribution is 5.92. The fraction of sp³-hybridized carbons (Fsp3) is 0.536. The number of aryl methyl sites for hydroxylation is 2. The van der Waals surface area contributed by atoms with Gasteiger partial charge in [0.25, 0.3) is 0 Å². The van der Waals surface area contributed by atoms with E-state index in [9.17, 15) is 9.90 Å². The standard InChI is InChI=1S/C28H35NO2/c1-3-17-7-9-22-19(13-17)8-10-24-23(22)11-12-28(2)25(24)16-21(26(28)30)15-18-5-4-6-20(14-18)27(29)31/h4-7,9,13-14,21,23-26,30H,3,8,10-12,15-16H2,1-2H3,(H2,29,31)/t21-,23?,24?,25?,26-,28-/m0/s1. The number of primary amides is 1.